The largest absolute Gasteiger partial charge is 0.508 e. The van der Waals surface area contributed by atoms with Crippen molar-refractivity contribution < 1.29 is 38.7 Å². The average molecular weight is 979 g/mol. The van der Waals surface area contributed by atoms with Gasteiger partial charge in [0.2, 0.25) is 41.4 Å². The first-order chi connectivity index (χ1) is 33.0. The van der Waals surface area contributed by atoms with Crippen LogP contribution in [0.2, 0.25) is 0 Å². The Morgan fingerprint density at radius 1 is 0.571 bits per heavy atom. The number of nitrogens with two attached hydrogens (primary N) is 6. The van der Waals surface area contributed by atoms with E-state index in [0.717, 1.165) is 0 Å². The van der Waals surface area contributed by atoms with Gasteiger partial charge in [-0.2, -0.15) is 0 Å². The molecule has 0 aromatic heterocycles. The lowest BCUT2D eigenvalue weighted by Crippen LogP contribution is -2.61. The molecule has 0 spiro atoms. The summed E-state index contributed by atoms with van der Waals surface area (Å²) in [7, 11) is 0. The fraction of sp³-hybridized carbons (Fsp3) is 0.562. The zero-order valence-corrected chi connectivity index (χ0v) is 41.3. The molecule has 0 aliphatic rings. The molecule has 0 saturated carbocycles. The SMILES string of the molecule is CC[C@H](C)[C@H](NC(=O)[C@H](CCCN=C(N)N)NC(=O)[C@H](Cc1ccc(O)cc1)NC(=O)[C@H](Cc1ccccc1)NC(=O)[C@H](CCCN=C(N)N)NC(=O)CC(C)(C)C)C(=O)N[C@@H](CCCCN)C(N)=O. The lowest BCUT2D eigenvalue weighted by atomic mass is 9.91. The van der Waals surface area contributed by atoms with Gasteiger partial charge in [-0.3, -0.25) is 43.5 Å². The zero-order chi connectivity index (χ0) is 52.4. The Morgan fingerprint density at radius 3 is 1.49 bits per heavy atom. The molecule has 22 heteroatoms. The first-order valence-electron chi connectivity index (χ1n) is 23.8. The number of nitrogens with one attached hydrogen (secondary N) is 6. The number of primary amides is 1. The first-order valence-corrected chi connectivity index (χ1v) is 23.8. The number of unbranched alkanes of at least 4 members (excludes halogenated alkanes) is 1. The Hall–Kier alpha value is -6.97. The molecule has 0 bridgehead atoms. The molecule has 0 fully saturated rings. The van der Waals surface area contributed by atoms with Crippen LogP contribution < -0.4 is 66.3 Å². The number of nitrogens with zero attached hydrogens (tertiary/aromatic N) is 2. The van der Waals surface area contributed by atoms with Crippen LogP contribution in [0.1, 0.15) is 104 Å². The van der Waals surface area contributed by atoms with Gasteiger partial charge in [0.1, 0.15) is 42.0 Å². The van der Waals surface area contributed by atoms with Crippen molar-refractivity contribution in [2.45, 2.75) is 141 Å². The number of hydrogen-bond donors (Lipinski definition) is 13. The Kier molecular flexibility index (Phi) is 25.8. The minimum Gasteiger partial charge on any atom is -0.508 e. The Labute approximate surface area is 411 Å². The highest BCUT2D eigenvalue weighted by Gasteiger charge is 2.35. The summed E-state index contributed by atoms with van der Waals surface area (Å²) in [6.45, 7) is 9.84. The minimum atomic E-state index is -1.39. The van der Waals surface area contributed by atoms with E-state index in [0.29, 0.717) is 43.4 Å². The molecule has 0 radical (unpaired) electrons. The molecule has 0 aliphatic carbocycles. The minimum absolute atomic E-state index is 0.0235. The van der Waals surface area contributed by atoms with Crippen LogP contribution in [0.4, 0.5) is 0 Å². The number of guanidine groups is 2. The van der Waals surface area contributed by atoms with Crippen molar-refractivity contribution in [3.8, 4) is 5.75 Å². The van der Waals surface area contributed by atoms with Crippen molar-refractivity contribution in [1.82, 2.24) is 31.9 Å². The van der Waals surface area contributed by atoms with Gasteiger partial charge in [-0.1, -0.05) is 83.5 Å². The van der Waals surface area contributed by atoms with Crippen LogP contribution in [0.15, 0.2) is 64.6 Å². The third-order valence-corrected chi connectivity index (χ3v) is 11.2. The number of rotatable bonds is 31. The smallest absolute Gasteiger partial charge is 0.243 e. The van der Waals surface area contributed by atoms with Crippen molar-refractivity contribution in [1.29, 1.82) is 0 Å². The monoisotopic (exact) mass is 979 g/mol. The maximum absolute atomic E-state index is 14.6. The molecule has 70 heavy (non-hydrogen) atoms. The lowest BCUT2D eigenvalue weighted by Gasteiger charge is -2.29. The lowest BCUT2D eigenvalue weighted by molar-refractivity contribution is -0.136. The molecule has 388 valence electrons. The predicted molar refractivity (Wildman–Crippen MR) is 269 cm³/mol. The third-order valence-electron chi connectivity index (χ3n) is 11.2. The molecule has 0 unspecified atom stereocenters. The Morgan fingerprint density at radius 2 is 1.01 bits per heavy atom. The number of amides is 7. The number of aromatic hydroxyl groups is 1. The molecule has 7 atom stereocenters. The predicted octanol–water partition coefficient (Wildman–Crippen LogP) is -0.710. The quantitative estimate of drug-likeness (QED) is 0.0253. The summed E-state index contributed by atoms with van der Waals surface area (Å²) in [5.74, 6) is -5.59. The zero-order valence-electron chi connectivity index (χ0n) is 41.3. The summed E-state index contributed by atoms with van der Waals surface area (Å²) in [6, 6.07) is 7.51. The molecule has 0 aliphatic heterocycles. The fourth-order valence-electron chi connectivity index (χ4n) is 7.22. The number of benzene rings is 2. The second-order valence-electron chi connectivity index (χ2n) is 18.6. The van der Waals surface area contributed by atoms with Gasteiger partial charge in [-0.15, -0.1) is 0 Å². The number of carbonyl (C=O) groups excluding carboxylic acids is 7. The van der Waals surface area contributed by atoms with E-state index in [1.54, 1.807) is 49.4 Å². The fourth-order valence-corrected chi connectivity index (χ4v) is 7.22. The molecule has 0 heterocycles. The summed E-state index contributed by atoms with van der Waals surface area (Å²) in [5, 5.41) is 26.6. The molecule has 22 nitrogen and oxygen atoms in total. The highest BCUT2D eigenvalue weighted by atomic mass is 16.3. The van der Waals surface area contributed by atoms with E-state index in [4.69, 9.17) is 34.4 Å². The standard InChI is InChI=1S/C48H78N14O8/c1-6-29(2)39(45(70)58-33(40(50)65)16-10-11-23-49)62-42(67)35(18-13-25-56-47(53)54)59-43(68)37(27-31-19-21-32(63)22-20-31)61-44(69)36(26-30-14-8-7-9-15-30)60-41(66)34(17-12-24-55-46(51)52)57-38(64)28-48(3,4)5/h7-9,14-15,19-22,29,33-37,39,63H,6,10-13,16-18,23-28,49H2,1-5H3,(H2,50,65)(H,57,64)(H,58,70)(H,59,68)(H,60,66)(H,61,69)(H,62,67)(H4,51,52,55)(H4,53,54,56)/t29-,33-,34-,35-,36-,37-,39-/m0/s1. The molecule has 2 aromatic rings. The van der Waals surface area contributed by atoms with E-state index in [1.807, 2.05) is 27.7 Å². The maximum Gasteiger partial charge on any atom is 0.243 e. The number of hydrogen-bond acceptors (Lipinski definition) is 11. The second-order valence-corrected chi connectivity index (χ2v) is 18.6. The summed E-state index contributed by atoms with van der Waals surface area (Å²) in [5.41, 5.74) is 34.1. The van der Waals surface area contributed by atoms with Crippen molar-refractivity contribution in [2.24, 2.45) is 55.7 Å². The van der Waals surface area contributed by atoms with Gasteiger partial charge < -0.3 is 71.4 Å². The van der Waals surface area contributed by atoms with Gasteiger partial charge in [-0.25, -0.2) is 0 Å². The van der Waals surface area contributed by atoms with E-state index in [1.165, 1.54) is 12.1 Å². The van der Waals surface area contributed by atoms with Crippen LogP contribution in [0.5, 0.6) is 5.75 Å². The van der Waals surface area contributed by atoms with Crippen LogP contribution >= 0.6 is 0 Å². The highest BCUT2D eigenvalue weighted by Crippen LogP contribution is 2.19. The van der Waals surface area contributed by atoms with Crippen LogP contribution in [-0.4, -0.2) is 114 Å². The van der Waals surface area contributed by atoms with Crippen molar-refractivity contribution in [3.05, 3.63) is 65.7 Å². The van der Waals surface area contributed by atoms with Crippen LogP contribution in [0, 0.1) is 11.3 Å². The highest BCUT2D eigenvalue weighted by molar-refractivity contribution is 5.97. The summed E-state index contributed by atoms with van der Waals surface area (Å²) in [6.07, 6.45) is 2.35. The van der Waals surface area contributed by atoms with E-state index in [-0.39, 0.29) is 81.6 Å². The van der Waals surface area contributed by atoms with E-state index < -0.39 is 83.0 Å². The van der Waals surface area contributed by atoms with Crippen LogP contribution in [0.25, 0.3) is 0 Å². The first kappa shape index (κ1) is 59.2. The molecular formula is C48H78N14O8. The van der Waals surface area contributed by atoms with Gasteiger partial charge in [0, 0.05) is 32.4 Å². The van der Waals surface area contributed by atoms with Crippen LogP contribution in [-0.2, 0) is 46.4 Å². The van der Waals surface area contributed by atoms with Crippen molar-refractivity contribution in [2.75, 3.05) is 19.6 Å². The number of carbonyl (C=O) groups is 7. The Balaban J connectivity index is 2.58. The van der Waals surface area contributed by atoms with Gasteiger partial charge in [0.05, 0.1) is 0 Å². The third kappa shape index (κ3) is 23.4. The topological polar surface area (TPSA) is 393 Å². The normalized spacial score (nSPS) is 14.1. The van der Waals surface area contributed by atoms with Crippen molar-refractivity contribution in [3.63, 3.8) is 0 Å². The number of phenols is 1. The van der Waals surface area contributed by atoms with E-state index >= 15 is 0 Å². The number of aliphatic imine (C=N–C) groups is 2. The Bertz CT molecular complexity index is 2050. The maximum atomic E-state index is 14.6. The van der Waals surface area contributed by atoms with Crippen molar-refractivity contribution >= 4 is 53.3 Å². The summed E-state index contributed by atoms with van der Waals surface area (Å²) in [4.78, 5) is 105. The van der Waals surface area contributed by atoms with Gasteiger partial charge in [0.25, 0.3) is 0 Å². The summed E-state index contributed by atoms with van der Waals surface area (Å²) < 4.78 is 0. The molecule has 2 aromatic carbocycles. The second kappa shape index (κ2) is 30.5. The van der Waals surface area contributed by atoms with Gasteiger partial charge in [-0.05, 0) is 86.1 Å². The number of phenolic OH excluding ortho intramolecular Hbond substituents is 1. The van der Waals surface area contributed by atoms with Gasteiger partial charge >= 0.3 is 0 Å². The van der Waals surface area contributed by atoms with Gasteiger partial charge in [0.15, 0.2) is 11.9 Å². The van der Waals surface area contributed by atoms with Crippen LogP contribution in [0.3, 0.4) is 0 Å². The molecular weight excluding hydrogens is 901 g/mol. The summed E-state index contributed by atoms with van der Waals surface area (Å²) >= 11 is 0. The van der Waals surface area contributed by atoms with E-state index in [2.05, 4.69) is 41.9 Å². The molecule has 7 amide bonds. The van der Waals surface area contributed by atoms with E-state index in [9.17, 15) is 38.7 Å². The average Bonchev–Trinajstić information content (AvgIpc) is 3.29. The molecule has 2 rings (SSSR count). The molecule has 0 saturated heterocycles. The molecule has 19 N–H and O–H groups in total.